The number of aliphatic carboxylic acids is 1. The van der Waals surface area contributed by atoms with Crippen molar-refractivity contribution >= 4 is 24.2 Å². The van der Waals surface area contributed by atoms with Crippen LogP contribution in [0.5, 0.6) is 11.5 Å². The van der Waals surface area contributed by atoms with E-state index in [0.717, 1.165) is 0 Å². The average Bonchev–Trinajstić information content (AvgIpc) is 2.84. The first-order chi connectivity index (χ1) is 17.1. The van der Waals surface area contributed by atoms with Crippen LogP contribution in [0.15, 0.2) is 18.2 Å². The normalized spacial score (nSPS) is 13.1. The van der Waals surface area contributed by atoms with Gasteiger partial charge in [-0.1, -0.05) is 33.8 Å². The van der Waals surface area contributed by atoms with Gasteiger partial charge in [0.05, 0.1) is 19.1 Å². The molecule has 1 aromatic carbocycles. The number of hydrogen-bond donors (Lipinski definition) is 2. The first kappa shape index (κ1) is 30.7. The highest BCUT2D eigenvalue weighted by molar-refractivity contribution is 5.74. The SMILES string of the molecule is CCCOC(=O)Oc1ccc(C[C@H](NCC(C)OC(=O)C(C)CC)C(=O)O)cc1OC(=O)OCCC. The molecule has 2 unspecified atom stereocenters. The summed E-state index contributed by atoms with van der Waals surface area (Å²) in [7, 11) is 0. The Morgan fingerprint density at radius 3 is 2.03 bits per heavy atom. The number of nitrogens with one attached hydrogen (secondary N) is 1. The second kappa shape index (κ2) is 16.4. The molecule has 36 heavy (non-hydrogen) atoms. The van der Waals surface area contributed by atoms with Crippen molar-refractivity contribution in [1.29, 1.82) is 0 Å². The molecular formula is C25H37NO10. The summed E-state index contributed by atoms with van der Waals surface area (Å²) in [6.07, 6.45) is -0.678. The van der Waals surface area contributed by atoms with E-state index in [-0.39, 0.29) is 49.6 Å². The van der Waals surface area contributed by atoms with Gasteiger partial charge in [-0.15, -0.1) is 0 Å². The zero-order chi connectivity index (χ0) is 27.1. The molecule has 0 fully saturated rings. The van der Waals surface area contributed by atoms with E-state index < -0.39 is 30.4 Å². The first-order valence-corrected chi connectivity index (χ1v) is 12.1. The van der Waals surface area contributed by atoms with Gasteiger partial charge in [-0.3, -0.25) is 9.59 Å². The van der Waals surface area contributed by atoms with E-state index in [4.69, 9.17) is 23.7 Å². The minimum atomic E-state index is -1.12. The Labute approximate surface area is 211 Å². The van der Waals surface area contributed by atoms with Crippen LogP contribution in [0.1, 0.15) is 59.4 Å². The third kappa shape index (κ3) is 11.4. The molecule has 1 rings (SSSR count). The van der Waals surface area contributed by atoms with Gasteiger partial charge in [-0.05, 0) is 50.3 Å². The summed E-state index contributed by atoms with van der Waals surface area (Å²) >= 11 is 0. The Morgan fingerprint density at radius 1 is 0.917 bits per heavy atom. The number of esters is 1. The predicted octanol–water partition coefficient (Wildman–Crippen LogP) is 4.10. The van der Waals surface area contributed by atoms with Crippen LogP contribution in [0.4, 0.5) is 9.59 Å². The summed E-state index contributed by atoms with van der Waals surface area (Å²) < 4.78 is 25.5. The number of carboxylic acid groups (broad SMARTS) is 1. The van der Waals surface area contributed by atoms with E-state index in [1.54, 1.807) is 13.8 Å². The van der Waals surface area contributed by atoms with Crippen molar-refractivity contribution < 1.29 is 48.0 Å². The van der Waals surface area contributed by atoms with Crippen LogP contribution in [-0.2, 0) is 30.2 Å². The topological polar surface area (TPSA) is 147 Å². The lowest BCUT2D eigenvalue weighted by molar-refractivity contribution is -0.152. The van der Waals surface area contributed by atoms with Gasteiger partial charge in [0.15, 0.2) is 11.5 Å². The van der Waals surface area contributed by atoms with E-state index in [2.05, 4.69) is 5.32 Å². The molecular weight excluding hydrogens is 474 g/mol. The van der Waals surface area contributed by atoms with E-state index in [9.17, 15) is 24.3 Å². The first-order valence-electron chi connectivity index (χ1n) is 12.1. The molecule has 2 N–H and O–H groups in total. The highest BCUT2D eigenvalue weighted by Gasteiger charge is 2.23. The molecule has 0 aliphatic heterocycles. The number of ether oxygens (including phenoxy) is 5. The monoisotopic (exact) mass is 511 g/mol. The third-order valence-electron chi connectivity index (χ3n) is 4.96. The zero-order valence-electron chi connectivity index (χ0n) is 21.5. The van der Waals surface area contributed by atoms with Gasteiger partial charge in [-0.25, -0.2) is 9.59 Å². The van der Waals surface area contributed by atoms with Crippen molar-refractivity contribution in [2.24, 2.45) is 5.92 Å². The van der Waals surface area contributed by atoms with E-state index >= 15 is 0 Å². The summed E-state index contributed by atoms with van der Waals surface area (Å²) in [5.41, 5.74) is 0.478. The predicted molar refractivity (Wildman–Crippen MR) is 129 cm³/mol. The zero-order valence-corrected chi connectivity index (χ0v) is 21.5. The molecule has 0 aliphatic carbocycles. The van der Waals surface area contributed by atoms with Gasteiger partial charge in [0, 0.05) is 6.54 Å². The molecule has 0 aromatic heterocycles. The van der Waals surface area contributed by atoms with Crippen molar-refractivity contribution in [3.05, 3.63) is 23.8 Å². The molecule has 202 valence electrons. The second-order valence-corrected chi connectivity index (χ2v) is 8.24. The molecule has 0 amide bonds. The molecule has 11 heteroatoms. The van der Waals surface area contributed by atoms with Crippen LogP contribution < -0.4 is 14.8 Å². The summed E-state index contributed by atoms with van der Waals surface area (Å²) in [5.74, 6) is -1.92. The minimum Gasteiger partial charge on any atom is -0.480 e. The molecule has 0 spiro atoms. The van der Waals surface area contributed by atoms with Crippen LogP contribution in [0.3, 0.4) is 0 Å². The molecule has 0 heterocycles. The molecule has 11 nitrogen and oxygen atoms in total. The standard InChI is InChI=1S/C25H37NO10/c1-6-11-32-24(30)35-20-10-9-18(14-21(20)36-25(31)33-12-7-2)13-19(22(27)28)26-15-17(5)34-23(29)16(4)8-3/h9-10,14,16-17,19,26H,6-8,11-13,15H2,1-5H3,(H,27,28)/t16?,17?,19-/m0/s1. The van der Waals surface area contributed by atoms with Gasteiger partial charge in [0.1, 0.15) is 12.1 Å². The lowest BCUT2D eigenvalue weighted by Gasteiger charge is -2.20. The van der Waals surface area contributed by atoms with Crippen molar-refractivity contribution in [3.63, 3.8) is 0 Å². The lowest BCUT2D eigenvalue weighted by Crippen LogP contribution is -2.43. The van der Waals surface area contributed by atoms with E-state index in [1.807, 2.05) is 20.8 Å². The highest BCUT2D eigenvalue weighted by Crippen LogP contribution is 2.30. The maximum atomic E-state index is 12.0. The van der Waals surface area contributed by atoms with Crippen molar-refractivity contribution in [2.45, 2.75) is 72.4 Å². The maximum absolute atomic E-state index is 12.0. The largest absolute Gasteiger partial charge is 0.513 e. The molecule has 0 saturated heterocycles. The number of hydrogen-bond acceptors (Lipinski definition) is 10. The van der Waals surface area contributed by atoms with Gasteiger partial charge in [0.25, 0.3) is 0 Å². The van der Waals surface area contributed by atoms with Gasteiger partial charge in [0.2, 0.25) is 0 Å². The summed E-state index contributed by atoms with van der Waals surface area (Å²) in [4.78, 5) is 47.6. The van der Waals surface area contributed by atoms with Crippen LogP contribution in [0, 0.1) is 5.92 Å². The number of carboxylic acids is 1. The van der Waals surface area contributed by atoms with Crippen LogP contribution in [-0.4, -0.2) is 61.3 Å². The van der Waals surface area contributed by atoms with Crippen molar-refractivity contribution in [1.82, 2.24) is 5.32 Å². The number of benzene rings is 1. The highest BCUT2D eigenvalue weighted by atomic mass is 16.7. The number of carbonyl (C=O) groups excluding carboxylic acids is 3. The molecule has 0 saturated carbocycles. The molecule has 0 bridgehead atoms. The van der Waals surface area contributed by atoms with Gasteiger partial charge >= 0.3 is 24.2 Å². The van der Waals surface area contributed by atoms with Crippen molar-refractivity contribution in [3.8, 4) is 11.5 Å². The van der Waals surface area contributed by atoms with Gasteiger partial charge < -0.3 is 34.1 Å². The number of rotatable bonds is 15. The lowest BCUT2D eigenvalue weighted by atomic mass is 10.0. The summed E-state index contributed by atoms with van der Waals surface area (Å²) in [5, 5.41) is 12.5. The molecule has 1 aromatic rings. The average molecular weight is 512 g/mol. The summed E-state index contributed by atoms with van der Waals surface area (Å²) in [6.45, 7) is 9.36. The van der Waals surface area contributed by atoms with Crippen LogP contribution in [0.2, 0.25) is 0 Å². The molecule has 0 radical (unpaired) electrons. The van der Waals surface area contributed by atoms with Crippen LogP contribution >= 0.6 is 0 Å². The third-order valence-corrected chi connectivity index (χ3v) is 4.96. The van der Waals surface area contributed by atoms with E-state index in [0.29, 0.717) is 24.8 Å². The fourth-order valence-corrected chi connectivity index (χ4v) is 2.77. The Balaban J connectivity index is 2.96. The Morgan fingerprint density at radius 2 is 1.50 bits per heavy atom. The van der Waals surface area contributed by atoms with Crippen LogP contribution in [0.25, 0.3) is 0 Å². The maximum Gasteiger partial charge on any atom is 0.513 e. The van der Waals surface area contributed by atoms with Crippen molar-refractivity contribution in [2.75, 3.05) is 19.8 Å². The van der Waals surface area contributed by atoms with E-state index in [1.165, 1.54) is 18.2 Å². The smallest absolute Gasteiger partial charge is 0.480 e. The quantitative estimate of drug-likeness (QED) is 0.199. The second-order valence-electron chi connectivity index (χ2n) is 8.24. The Hall–Kier alpha value is -3.34. The minimum absolute atomic E-state index is 0.00227. The number of carbonyl (C=O) groups is 4. The summed E-state index contributed by atoms with van der Waals surface area (Å²) in [6, 6.07) is 3.27. The Bertz CT molecular complexity index is 872. The molecule has 0 aliphatic rings. The fourth-order valence-electron chi connectivity index (χ4n) is 2.77. The van der Waals surface area contributed by atoms with Gasteiger partial charge in [-0.2, -0.15) is 0 Å². The Kier molecular flexibility index (Phi) is 13.9. The molecule has 3 atom stereocenters. The fraction of sp³-hybridized carbons (Fsp3) is 0.600.